The number of hydrogen-bond acceptors (Lipinski definition) is 1. The molecular weight excluding hydrogens is 198 g/mol. The molecule has 0 heterocycles. The summed E-state index contributed by atoms with van der Waals surface area (Å²) < 4.78 is 1.10. The van der Waals surface area contributed by atoms with Crippen LogP contribution in [0.2, 0.25) is 0 Å². The van der Waals surface area contributed by atoms with Gasteiger partial charge in [0.05, 0.1) is 0 Å². The Morgan fingerprint density at radius 1 is 1.50 bits per heavy atom. The molecule has 0 spiro atoms. The number of hydroxylamine groups is 1. The van der Waals surface area contributed by atoms with Crippen LogP contribution in [-0.2, 0) is 0 Å². The van der Waals surface area contributed by atoms with E-state index in [4.69, 9.17) is 11.6 Å². The van der Waals surface area contributed by atoms with Crippen LogP contribution in [0.15, 0.2) is 0 Å². The Balaban J connectivity index is 2.63. The van der Waals surface area contributed by atoms with E-state index in [1.807, 2.05) is 6.92 Å². The average Bonchev–Trinajstić information content (AvgIpc) is 2.16. The van der Waals surface area contributed by atoms with Gasteiger partial charge in [0.1, 0.15) is 5.38 Å². The first-order valence-electron chi connectivity index (χ1n) is 5.59. The zero-order valence-electron chi connectivity index (χ0n) is 9.08. The van der Waals surface area contributed by atoms with Gasteiger partial charge < -0.3 is 5.21 Å². The SMILES string of the molecule is CCC1CCCCC1/[N+]([O-])=C/C(C)Cl. The Kier molecular flexibility index (Phi) is 4.73. The largest absolute Gasteiger partial charge is 0.624 e. The fourth-order valence-corrected chi connectivity index (χ4v) is 2.42. The average molecular weight is 218 g/mol. The summed E-state index contributed by atoms with van der Waals surface area (Å²) in [5.41, 5.74) is 0. The smallest absolute Gasteiger partial charge is 0.168 e. The molecule has 3 unspecified atom stereocenters. The Bertz CT molecular complexity index is 203. The molecule has 1 fully saturated rings. The van der Waals surface area contributed by atoms with Crippen molar-refractivity contribution in [2.45, 2.75) is 57.4 Å². The molecule has 1 aliphatic rings. The highest BCUT2D eigenvalue weighted by Gasteiger charge is 2.29. The molecule has 3 atom stereocenters. The number of alkyl halides is 1. The Labute approximate surface area is 91.5 Å². The minimum atomic E-state index is -0.160. The Hall–Kier alpha value is -0.240. The maximum absolute atomic E-state index is 11.8. The van der Waals surface area contributed by atoms with Crippen molar-refractivity contribution in [3.63, 3.8) is 0 Å². The van der Waals surface area contributed by atoms with Crippen LogP contribution in [0.5, 0.6) is 0 Å². The lowest BCUT2D eigenvalue weighted by Crippen LogP contribution is -2.34. The third-order valence-electron chi connectivity index (χ3n) is 3.07. The van der Waals surface area contributed by atoms with Crippen molar-refractivity contribution in [1.82, 2.24) is 0 Å². The van der Waals surface area contributed by atoms with Crippen LogP contribution in [0.4, 0.5) is 0 Å². The molecule has 0 aliphatic heterocycles. The number of hydrogen-bond donors (Lipinski definition) is 0. The van der Waals surface area contributed by atoms with Crippen molar-refractivity contribution in [1.29, 1.82) is 0 Å². The predicted molar refractivity (Wildman–Crippen MR) is 61.0 cm³/mol. The fourth-order valence-electron chi connectivity index (χ4n) is 2.31. The molecular formula is C11H20ClNO. The molecule has 0 saturated heterocycles. The van der Waals surface area contributed by atoms with Crippen molar-refractivity contribution in [2.24, 2.45) is 5.92 Å². The van der Waals surface area contributed by atoms with Gasteiger partial charge in [-0.2, -0.15) is 0 Å². The summed E-state index contributed by atoms with van der Waals surface area (Å²) in [6, 6.07) is 0.176. The van der Waals surface area contributed by atoms with Gasteiger partial charge in [0.25, 0.3) is 0 Å². The van der Waals surface area contributed by atoms with Crippen LogP contribution in [0.3, 0.4) is 0 Å². The van der Waals surface area contributed by atoms with Crippen molar-refractivity contribution in [3.8, 4) is 0 Å². The second kappa shape index (κ2) is 5.59. The minimum Gasteiger partial charge on any atom is -0.624 e. The van der Waals surface area contributed by atoms with Crippen LogP contribution >= 0.6 is 11.6 Å². The molecule has 1 rings (SSSR count). The second-order valence-electron chi connectivity index (χ2n) is 4.21. The second-order valence-corrected chi connectivity index (χ2v) is 4.90. The topological polar surface area (TPSA) is 26.1 Å². The van der Waals surface area contributed by atoms with Crippen LogP contribution in [-0.4, -0.2) is 22.4 Å². The molecule has 0 amide bonds. The minimum absolute atomic E-state index is 0.160. The number of rotatable bonds is 3. The maximum atomic E-state index is 11.8. The van der Waals surface area contributed by atoms with E-state index < -0.39 is 0 Å². The lowest BCUT2D eigenvalue weighted by molar-refractivity contribution is -0.512. The highest BCUT2D eigenvalue weighted by Crippen LogP contribution is 2.28. The quantitative estimate of drug-likeness (QED) is 0.235. The summed E-state index contributed by atoms with van der Waals surface area (Å²) in [5, 5.41) is 11.6. The van der Waals surface area contributed by atoms with Crippen LogP contribution in [0.1, 0.15) is 46.0 Å². The van der Waals surface area contributed by atoms with Gasteiger partial charge in [-0.15, -0.1) is 11.6 Å². The summed E-state index contributed by atoms with van der Waals surface area (Å²) >= 11 is 5.79. The van der Waals surface area contributed by atoms with E-state index in [0.717, 1.165) is 17.6 Å². The molecule has 0 bridgehead atoms. The lowest BCUT2D eigenvalue weighted by Gasteiger charge is -2.29. The predicted octanol–water partition coefficient (Wildman–Crippen LogP) is 3.16. The highest BCUT2D eigenvalue weighted by atomic mass is 35.5. The molecule has 14 heavy (non-hydrogen) atoms. The van der Waals surface area contributed by atoms with Gasteiger partial charge in [0.2, 0.25) is 0 Å². The van der Waals surface area contributed by atoms with Crippen molar-refractivity contribution in [3.05, 3.63) is 5.21 Å². The molecule has 2 nitrogen and oxygen atoms in total. The van der Waals surface area contributed by atoms with E-state index >= 15 is 0 Å². The molecule has 0 N–H and O–H groups in total. The first-order chi connectivity index (χ1) is 6.65. The molecule has 0 aromatic rings. The zero-order valence-corrected chi connectivity index (χ0v) is 9.83. The van der Waals surface area contributed by atoms with Gasteiger partial charge in [0.15, 0.2) is 12.3 Å². The summed E-state index contributed by atoms with van der Waals surface area (Å²) in [5.74, 6) is 0.563. The highest BCUT2D eigenvalue weighted by molar-refractivity contribution is 6.27. The van der Waals surface area contributed by atoms with E-state index in [2.05, 4.69) is 6.92 Å². The summed E-state index contributed by atoms with van der Waals surface area (Å²) in [4.78, 5) is 0. The summed E-state index contributed by atoms with van der Waals surface area (Å²) in [7, 11) is 0. The number of nitrogens with zero attached hydrogens (tertiary/aromatic N) is 1. The molecule has 0 radical (unpaired) electrons. The Morgan fingerprint density at radius 3 is 2.71 bits per heavy atom. The van der Waals surface area contributed by atoms with Crippen LogP contribution in [0, 0.1) is 11.1 Å². The molecule has 0 aromatic carbocycles. The van der Waals surface area contributed by atoms with Crippen molar-refractivity contribution < 1.29 is 4.74 Å². The first kappa shape index (κ1) is 11.8. The standard InChI is InChI=1S/C11H20ClNO/c1-3-10-6-4-5-7-11(10)13(14)8-9(2)12/h8-11H,3-7H2,1-2H3/b13-8-. The fraction of sp³-hybridized carbons (Fsp3) is 0.909. The normalized spacial score (nSPS) is 31.5. The third kappa shape index (κ3) is 3.16. The van der Waals surface area contributed by atoms with Gasteiger partial charge >= 0.3 is 0 Å². The molecule has 0 aromatic heterocycles. The molecule has 82 valence electrons. The maximum Gasteiger partial charge on any atom is 0.168 e. The van der Waals surface area contributed by atoms with E-state index in [0.29, 0.717) is 5.92 Å². The van der Waals surface area contributed by atoms with E-state index in [9.17, 15) is 5.21 Å². The van der Waals surface area contributed by atoms with Crippen molar-refractivity contribution >= 4 is 17.8 Å². The van der Waals surface area contributed by atoms with Crippen LogP contribution in [0.25, 0.3) is 0 Å². The van der Waals surface area contributed by atoms with Crippen LogP contribution < -0.4 is 0 Å². The molecule has 1 aliphatic carbocycles. The number of halogens is 1. The first-order valence-corrected chi connectivity index (χ1v) is 6.03. The lowest BCUT2D eigenvalue weighted by atomic mass is 9.83. The van der Waals surface area contributed by atoms with E-state index in [1.54, 1.807) is 6.21 Å². The van der Waals surface area contributed by atoms with Gasteiger partial charge in [-0.25, -0.2) is 4.74 Å². The van der Waals surface area contributed by atoms with Crippen molar-refractivity contribution in [2.75, 3.05) is 0 Å². The van der Waals surface area contributed by atoms with Gasteiger partial charge in [-0.3, -0.25) is 0 Å². The summed E-state index contributed by atoms with van der Waals surface area (Å²) in [6.45, 7) is 4.00. The van der Waals surface area contributed by atoms with E-state index in [1.165, 1.54) is 19.3 Å². The summed E-state index contributed by atoms with van der Waals surface area (Å²) in [6.07, 6.45) is 7.39. The Morgan fingerprint density at radius 2 is 2.14 bits per heavy atom. The van der Waals surface area contributed by atoms with Gasteiger partial charge in [-0.05, 0) is 26.2 Å². The van der Waals surface area contributed by atoms with Gasteiger partial charge in [-0.1, -0.05) is 13.3 Å². The third-order valence-corrected chi connectivity index (χ3v) is 3.19. The molecule has 1 saturated carbocycles. The molecule has 3 heteroatoms. The van der Waals surface area contributed by atoms with E-state index in [-0.39, 0.29) is 11.4 Å². The monoisotopic (exact) mass is 217 g/mol. The van der Waals surface area contributed by atoms with Gasteiger partial charge in [0, 0.05) is 12.3 Å². The zero-order chi connectivity index (χ0) is 10.6.